The lowest BCUT2D eigenvalue weighted by molar-refractivity contribution is -0.160. The number of carbonyl (C=O) groups is 2. The van der Waals surface area contributed by atoms with Gasteiger partial charge in [-0.05, 0) is 68.4 Å². The summed E-state index contributed by atoms with van der Waals surface area (Å²) in [5, 5.41) is 0.506. The van der Waals surface area contributed by atoms with Crippen molar-refractivity contribution in [2.75, 3.05) is 32.8 Å². The highest BCUT2D eigenvalue weighted by Crippen LogP contribution is 2.60. The Morgan fingerprint density at radius 1 is 0.931 bits per heavy atom. The normalized spacial score (nSPS) is 33.1. The number of amides is 2. The maximum atomic E-state index is 13.5. The SMILES string of the molecule is O=C(COc1ccccc1Cl)N1CCN(C(=O)C23CC4CC(CC(C4)C2)C3)CC1. The first kappa shape index (κ1) is 19.2. The number of ether oxygens (including phenoxy) is 1. The van der Waals surface area contributed by atoms with Crippen molar-refractivity contribution in [3.8, 4) is 5.75 Å². The number of para-hydroxylation sites is 1. The van der Waals surface area contributed by atoms with Gasteiger partial charge in [0.15, 0.2) is 6.61 Å². The number of hydrogen-bond acceptors (Lipinski definition) is 3. The van der Waals surface area contributed by atoms with Crippen LogP contribution in [0.15, 0.2) is 24.3 Å². The average Bonchev–Trinajstić information content (AvgIpc) is 2.71. The van der Waals surface area contributed by atoms with E-state index in [-0.39, 0.29) is 17.9 Å². The van der Waals surface area contributed by atoms with Crippen LogP contribution in [0.2, 0.25) is 5.02 Å². The van der Waals surface area contributed by atoms with Gasteiger partial charge < -0.3 is 14.5 Å². The van der Waals surface area contributed by atoms with Gasteiger partial charge in [-0.3, -0.25) is 9.59 Å². The molecule has 29 heavy (non-hydrogen) atoms. The van der Waals surface area contributed by atoms with Gasteiger partial charge in [0.25, 0.3) is 5.91 Å². The van der Waals surface area contributed by atoms with Crippen LogP contribution in [-0.4, -0.2) is 54.4 Å². The Bertz CT molecular complexity index is 768. The maximum Gasteiger partial charge on any atom is 0.260 e. The lowest BCUT2D eigenvalue weighted by Gasteiger charge is -2.57. The van der Waals surface area contributed by atoms with E-state index in [4.69, 9.17) is 16.3 Å². The Morgan fingerprint density at radius 3 is 2.07 bits per heavy atom. The molecule has 1 heterocycles. The largest absolute Gasteiger partial charge is 0.482 e. The number of hydrogen-bond donors (Lipinski definition) is 0. The van der Waals surface area contributed by atoms with Crippen molar-refractivity contribution in [3.05, 3.63) is 29.3 Å². The van der Waals surface area contributed by atoms with Gasteiger partial charge in [-0.25, -0.2) is 0 Å². The van der Waals surface area contributed by atoms with Crippen molar-refractivity contribution < 1.29 is 14.3 Å². The predicted octanol–water partition coefficient (Wildman–Crippen LogP) is 3.61. The Balaban J connectivity index is 1.15. The molecule has 0 spiro atoms. The van der Waals surface area contributed by atoms with Crippen LogP contribution in [0.4, 0.5) is 0 Å². The third-order valence-electron chi connectivity index (χ3n) is 7.60. The lowest BCUT2D eigenvalue weighted by Crippen LogP contribution is -2.58. The summed E-state index contributed by atoms with van der Waals surface area (Å²) in [4.78, 5) is 29.8. The second-order valence-corrected chi connectivity index (χ2v) is 10.00. The molecule has 4 saturated carbocycles. The number of nitrogens with zero attached hydrogens (tertiary/aromatic N) is 2. The molecule has 0 radical (unpaired) electrons. The molecule has 6 heteroatoms. The predicted molar refractivity (Wildman–Crippen MR) is 111 cm³/mol. The van der Waals surface area contributed by atoms with Crippen LogP contribution in [0.5, 0.6) is 5.75 Å². The standard InChI is InChI=1S/C23H29ClN2O3/c24-19-3-1-2-4-20(19)29-15-21(27)25-5-7-26(8-6-25)22(28)23-12-16-9-17(13-23)11-18(10-16)14-23/h1-4,16-18H,5-15H2. The van der Waals surface area contributed by atoms with Gasteiger partial charge in [0, 0.05) is 26.2 Å². The number of piperazine rings is 1. The highest BCUT2D eigenvalue weighted by atomic mass is 35.5. The summed E-state index contributed by atoms with van der Waals surface area (Å²) in [7, 11) is 0. The highest BCUT2D eigenvalue weighted by Gasteiger charge is 2.55. The summed E-state index contributed by atoms with van der Waals surface area (Å²) in [6, 6.07) is 7.17. The van der Waals surface area contributed by atoms with Gasteiger partial charge in [0.1, 0.15) is 5.75 Å². The molecule has 0 N–H and O–H groups in total. The first-order chi connectivity index (χ1) is 14.0. The highest BCUT2D eigenvalue weighted by molar-refractivity contribution is 6.32. The quantitative estimate of drug-likeness (QED) is 0.753. The van der Waals surface area contributed by atoms with Crippen LogP contribution >= 0.6 is 11.6 Å². The smallest absolute Gasteiger partial charge is 0.260 e. The van der Waals surface area contributed by atoms with Gasteiger partial charge >= 0.3 is 0 Å². The van der Waals surface area contributed by atoms with Gasteiger partial charge in [-0.15, -0.1) is 0 Å². The van der Waals surface area contributed by atoms with Crippen molar-refractivity contribution in [2.24, 2.45) is 23.2 Å². The van der Waals surface area contributed by atoms with E-state index < -0.39 is 0 Å². The van der Waals surface area contributed by atoms with E-state index in [9.17, 15) is 9.59 Å². The molecular weight excluding hydrogens is 388 g/mol. The van der Waals surface area contributed by atoms with Crippen molar-refractivity contribution in [2.45, 2.75) is 38.5 Å². The molecule has 6 rings (SSSR count). The zero-order valence-corrected chi connectivity index (χ0v) is 17.6. The van der Waals surface area contributed by atoms with E-state index in [0.29, 0.717) is 42.9 Å². The molecule has 2 amide bonds. The molecule has 1 aromatic carbocycles. The van der Waals surface area contributed by atoms with E-state index in [0.717, 1.165) is 37.0 Å². The van der Waals surface area contributed by atoms with E-state index in [1.54, 1.807) is 17.0 Å². The number of rotatable bonds is 4. The van der Waals surface area contributed by atoms with Crippen LogP contribution < -0.4 is 4.74 Å². The van der Waals surface area contributed by atoms with Crippen LogP contribution in [0.3, 0.4) is 0 Å². The number of carbonyl (C=O) groups excluding carboxylic acids is 2. The molecule has 4 aliphatic carbocycles. The summed E-state index contributed by atoms with van der Waals surface area (Å²) in [6.45, 7) is 2.43. The third-order valence-corrected chi connectivity index (χ3v) is 7.91. The summed E-state index contributed by atoms with van der Waals surface area (Å²) in [5.74, 6) is 3.17. The number of benzene rings is 1. The van der Waals surface area contributed by atoms with Crippen LogP contribution in [0.1, 0.15) is 38.5 Å². The van der Waals surface area contributed by atoms with Gasteiger partial charge in [-0.2, -0.15) is 0 Å². The molecule has 156 valence electrons. The Labute approximate surface area is 177 Å². The van der Waals surface area contributed by atoms with Crippen molar-refractivity contribution >= 4 is 23.4 Å². The van der Waals surface area contributed by atoms with Crippen LogP contribution in [-0.2, 0) is 9.59 Å². The Hall–Kier alpha value is -1.75. The maximum absolute atomic E-state index is 13.5. The molecule has 1 aliphatic heterocycles. The fraction of sp³-hybridized carbons (Fsp3) is 0.652. The minimum absolute atomic E-state index is 0.0212. The minimum Gasteiger partial charge on any atom is -0.482 e. The first-order valence-electron chi connectivity index (χ1n) is 11.0. The molecule has 5 aliphatic rings. The second-order valence-electron chi connectivity index (χ2n) is 9.59. The van der Waals surface area contributed by atoms with Crippen molar-refractivity contribution in [1.29, 1.82) is 0 Å². The number of halogens is 1. The van der Waals surface area contributed by atoms with Gasteiger partial charge in [0.2, 0.25) is 5.91 Å². The molecule has 5 fully saturated rings. The molecule has 1 aromatic rings. The van der Waals surface area contributed by atoms with Gasteiger partial charge in [0.05, 0.1) is 10.4 Å². The lowest BCUT2D eigenvalue weighted by atomic mass is 9.49. The second kappa shape index (κ2) is 7.50. The fourth-order valence-corrected chi connectivity index (χ4v) is 6.85. The molecule has 0 atom stereocenters. The van der Waals surface area contributed by atoms with E-state index in [1.807, 2.05) is 17.0 Å². The summed E-state index contributed by atoms with van der Waals surface area (Å²) in [6.07, 6.45) is 7.34. The average molecular weight is 417 g/mol. The topological polar surface area (TPSA) is 49.9 Å². The van der Waals surface area contributed by atoms with Crippen LogP contribution in [0, 0.1) is 23.2 Å². The Morgan fingerprint density at radius 2 is 1.48 bits per heavy atom. The first-order valence-corrected chi connectivity index (χ1v) is 11.3. The van der Waals surface area contributed by atoms with Gasteiger partial charge in [-0.1, -0.05) is 23.7 Å². The van der Waals surface area contributed by atoms with E-state index >= 15 is 0 Å². The molecule has 0 unspecified atom stereocenters. The zero-order chi connectivity index (χ0) is 20.0. The third kappa shape index (κ3) is 3.63. The summed E-state index contributed by atoms with van der Waals surface area (Å²) < 4.78 is 5.59. The molecule has 5 nitrogen and oxygen atoms in total. The van der Waals surface area contributed by atoms with Crippen molar-refractivity contribution in [1.82, 2.24) is 9.80 Å². The fourth-order valence-electron chi connectivity index (χ4n) is 6.66. The minimum atomic E-state index is -0.0892. The summed E-state index contributed by atoms with van der Waals surface area (Å²) in [5.41, 5.74) is -0.0892. The molecule has 0 aromatic heterocycles. The molecular formula is C23H29ClN2O3. The summed E-state index contributed by atoms with van der Waals surface area (Å²) >= 11 is 6.08. The van der Waals surface area contributed by atoms with E-state index in [2.05, 4.69) is 0 Å². The zero-order valence-electron chi connectivity index (χ0n) is 16.8. The molecule has 4 bridgehead atoms. The monoisotopic (exact) mass is 416 g/mol. The van der Waals surface area contributed by atoms with Crippen molar-refractivity contribution in [3.63, 3.8) is 0 Å². The molecule has 1 saturated heterocycles. The van der Waals surface area contributed by atoms with Crippen LogP contribution in [0.25, 0.3) is 0 Å². The van der Waals surface area contributed by atoms with E-state index in [1.165, 1.54) is 19.3 Å². The Kier molecular flexibility index (Phi) is 4.97.